The molecular weight excluding hydrogens is 242 g/mol. The van der Waals surface area contributed by atoms with Gasteiger partial charge in [0.15, 0.2) is 0 Å². The quantitative estimate of drug-likeness (QED) is 0.823. The van der Waals surface area contributed by atoms with Crippen molar-refractivity contribution in [2.45, 2.75) is 63.0 Å². The van der Waals surface area contributed by atoms with Gasteiger partial charge in [-0.25, -0.2) is 0 Å². The van der Waals surface area contributed by atoms with Crippen LogP contribution in [-0.2, 0) is 0 Å². The molecular formula is C15H27NOS. The summed E-state index contributed by atoms with van der Waals surface area (Å²) in [6, 6.07) is 0.683. The summed E-state index contributed by atoms with van der Waals surface area (Å²) < 4.78 is 0. The zero-order valence-electron chi connectivity index (χ0n) is 11.4. The van der Waals surface area contributed by atoms with Gasteiger partial charge in [0.25, 0.3) is 0 Å². The van der Waals surface area contributed by atoms with Gasteiger partial charge in [0.1, 0.15) is 0 Å². The van der Waals surface area contributed by atoms with Gasteiger partial charge in [-0.15, -0.1) is 0 Å². The molecule has 1 saturated heterocycles. The third kappa shape index (κ3) is 3.43. The molecule has 2 atom stereocenters. The fourth-order valence-electron chi connectivity index (χ4n) is 3.67. The highest BCUT2D eigenvalue weighted by atomic mass is 32.2. The van der Waals surface area contributed by atoms with Crippen LogP contribution in [0.2, 0.25) is 0 Å². The van der Waals surface area contributed by atoms with E-state index < -0.39 is 5.60 Å². The highest BCUT2D eigenvalue weighted by Gasteiger charge is 2.36. The van der Waals surface area contributed by atoms with Gasteiger partial charge in [0.05, 0.1) is 5.60 Å². The lowest BCUT2D eigenvalue weighted by molar-refractivity contribution is 0.0272. The van der Waals surface area contributed by atoms with Gasteiger partial charge in [-0.2, -0.15) is 11.8 Å². The molecule has 0 aromatic carbocycles. The first-order valence-electron chi connectivity index (χ1n) is 7.79. The molecule has 0 aromatic heterocycles. The second-order valence-corrected chi connectivity index (χ2v) is 7.90. The Kier molecular flexibility index (Phi) is 4.21. The minimum atomic E-state index is -0.405. The SMILES string of the molecule is OC1(CNC2CCCC(C3CC3)C2)CCSCC1. The molecule has 2 N–H and O–H groups in total. The fourth-order valence-corrected chi connectivity index (χ4v) is 4.92. The Morgan fingerprint density at radius 1 is 1.06 bits per heavy atom. The summed E-state index contributed by atoms with van der Waals surface area (Å²) in [5.74, 6) is 4.32. The van der Waals surface area contributed by atoms with Crippen LogP contribution in [0.4, 0.5) is 0 Å². The standard InChI is InChI=1S/C15H27NOS/c17-15(6-8-18-9-7-15)11-16-14-3-1-2-13(10-14)12-4-5-12/h12-14,16-17H,1-11H2. The van der Waals surface area contributed by atoms with Crippen molar-refractivity contribution in [1.82, 2.24) is 5.32 Å². The summed E-state index contributed by atoms with van der Waals surface area (Å²) >= 11 is 1.98. The van der Waals surface area contributed by atoms with Gasteiger partial charge in [0, 0.05) is 12.6 Å². The van der Waals surface area contributed by atoms with Crippen LogP contribution < -0.4 is 5.32 Å². The van der Waals surface area contributed by atoms with E-state index in [2.05, 4.69) is 5.32 Å². The molecule has 2 aliphatic carbocycles. The van der Waals surface area contributed by atoms with E-state index in [1.165, 1.54) is 38.5 Å². The predicted octanol–water partition coefficient (Wildman–Crippen LogP) is 2.80. The maximum Gasteiger partial charge on any atom is 0.0787 e. The number of hydrogen-bond acceptors (Lipinski definition) is 3. The average Bonchev–Trinajstić information content (AvgIpc) is 3.22. The smallest absolute Gasteiger partial charge is 0.0787 e. The van der Waals surface area contributed by atoms with Crippen molar-refractivity contribution < 1.29 is 5.11 Å². The van der Waals surface area contributed by atoms with Gasteiger partial charge in [-0.1, -0.05) is 12.8 Å². The van der Waals surface area contributed by atoms with Crippen molar-refractivity contribution in [2.24, 2.45) is 11.8 Å². The molecule has 0 radical (unpaired) electrons. The number of aliphatic hydroxyl groups is 1. The van der Waals surface area contributed by atoms with E-state index in [0.29, 0.717) is 6.04 Å². The second-order valence-electron chi connectivity index (χ2n) is 6.68. The molecule has 1 aliphatic heterocycles. The van der Waals surface area contributed by atoms with E-state index >= 15 is 0 Å². The minimum absolute atomic E-state index is 0.405. The van der Waals surface area contributed by atoms with Crippen LogP contribution in [0, 0.1) is 11.8 Å². The van der Waals surface area contributed by atoms with E-state index in [1.807, 2.05) is 11.8 Å². The van der Waals surface area contributed by atoms with Gasteiger partial charge in [0.2, 0.25) is 0 Å². The van der Waals surface area contributed by atoms with E-state index in [0.717, 1.165) is 42.7 Å². The molecule has 18 heavy (non-hydrogen) atoms. The summed E-state index contributed by atoms with van der Waals surface area (Å²) in [5.41, 5.74) is -0.405. The Labute approximate surface area is 115 Å². The van der Waals surface area contributed by atoms with Crippen molar-refractivity contribution in [2.75, 3.05) is 18.1 Å². The van der Waals surface area contributed by atoms with Crippen LogP contribution in [0.1, 0.15) is 51.4 Å². The largest absolute Gasteiger partial charge is 0.389 e. The molecule has 3 aliphatic rings. The van der Waals surface area contributed by atoms with E-state index in [-0.39, 0.29) is 0 Å². The van der Waals surface area contributed by atoms with Crippen LogP contribution in [0.3, 0.4) is 0 Å². The van der Waals surface area contributed by atoms with Crippen LogP contribution in [0.25, 0.3) is 0 Å². The zero-order chi connectivity index (χ0) is 12.4. The highest BCUT2D eigenvalue weighted by molar-refractivity contribution is 7.99. The molecule has 0 aromatic rings. The lowest BCUT2D eigenvalue weighted by atomic mass is 9.82. The van der Waals surface area contributed by atoms with Crippen molar-refractivity contribution in [3.05, 3.63) is 0 Å². The van der Waals surface area contributed by atoms with E-state index in [1.54, 1.807) is 0 Å². The maximum absolute atomic E-state index is 10.5. The molecule has 1 heterocycles. The third-order valence-corrected chi connectivity index (χ3v) is 6.13. The predicted molar refractivity (Wildman–Crippen MR) is 78.0 cm³/mol. The molecule has 2 saturated carbocycles. The van der Waals surface area contributed by atoms with Gasteiger partial charge < -0.3 is 10.4 Å². The number of thioether (sulfide) groups is 1. The maximum atomic E-state index is 10.5. The summed E-state index contributed by atoms with van der Waals surface area (Å²) in [6.07, 6.45) is 10.5. The molecule has 3 heteroatoms. The summed E-state index contributed by atoms with van der Waals surface area (Å²) in [5, 5.41) is 14.2. The molecule has 0 bridgehead atoms. The highest BCUT2D eigenvalue weighted by Crippen LogP contribution is 2.44. The van der Waals surface area contributed by atoms with E-state index in [4.69, 9.17) is 0 Å². The Morgan fingerprint density at radius 3 is 2.56 bits per heavy atom. The monoisotopic (exact) mass is 269 g/mol. The molecule has 2 unspecified atom stereocenters. The third-order valence-electron chi connectivity index (χ3n) is 5.15. The van der Waals surface area contributed by atoms with Crippen LogP contribution in [-0.4, -0.2) is 34.8 Å². The fraction of sp³-hybridized carbons (Fsp3) is 1.00. The Hall–Kier alpha value is 0.270. The first-order valence-corrected chi connectivity index (χ1v) is 8.94. The molecule has 3 rings (SSSR count). The Bertz CT molecular complexity index is 274. The van der Waals surface area contributed by atoms with Crippen molar-refractivity contribution in [3.63, 3.8) is 0 Å². The summed E-state index contributed by atoms with van der Waals surface area (Å²) in [4.78, 5) is 0. The van der Waals surface area contributed by atoms with Crippen LogP contribution >= 0.6 is 11.8 Å². The lowest BCUT2D eigenvalue weighted by Gasteiger charge is -2.36. The number of hydrogen-bond donors (Lipinski definition) is 2. The van der Waals surface area contributed by atoms with Crippen LogP contribution in [0.15, 0.2) is 0 Å². The number of rotatable bonds is 4. The zero-order valence-corrected chi connectivity index (χ0v) is 12.2. The summed E-state index contributed by atoms with van der Waals surface area (Å²) in [7, 11) is 0. The topological polar surface area (TPSA) is 32.3 Å². The average molecular weight is 269 g/mol. The molecule has 2 nitrogen and oxygen atoms in total. The molecule has 0 spiro atoms. The van der Waals surface area contributed by atoms with Crippen molar-refractivity contribution in [1.29, 1.82) is 0 Å². The summed E-state index contributed by atoms with van der Waals surface area (Å²) in [6.45, 7) is 0.829. The van der Waals surface area contributed by atoms with E-state index in [9.17, 15) is 5.11 Å². The Balaban J connectivity index is 1.44. The minimum Gasteiger partial charge on any atom is -0.389 e. The second kappa shape index (κ2) is 5.72. The first-order chi connectivity index (χ1) is 8.75. The molecule has 0 amide bonds. The van der Waals surface area contributed by atoms with Crippen molar-refractivity contribution >= 4 is 11.8 Å². The van der Waals surface area contributed by atoms with Crippen molar-refractivity contribution in [3.8, 4) is 0 Å². The normalized spacial score (nSPS) is 36.5. The Morgan fingerprint density at radius 2 is 1.83 bits per heavy atom. The lowest BCUT2D eigenvalue weighted by Crippen LogP contribution is -2.47. The molecule has 104 valence electrons. The van der Waals surface area contributed by atoms with Gasteiger partial charge in [-0.3, -0.25) is 0 Å². The van der Waals surface area contributed by atoms with Gasteiger partial charge >= 0.3 is 0 Å². The van der Waals surface area contributed by atoms with Gasteiger partial charge in [-0.05, 0) is 61.9 Å². The first kappa shape index (κ1) is 13.3. The number of nitrogens with one attached hydrogen (secondary N) is 1. The molecule has 3 fully saturated rings. The van der Waals surface area contributed by atoms with Crippen LogP contribution in [0.5, 0.6) is 0 Å².